The predicted octanol–water partition coefficient (Wildman–Crippen LogP) is 3.57. The topological polar surface area (TPSA) is 37.8 Å². The smallest absolute Gasteiger partial charge is 0.0648 e. The van der Waals surface area contributed by atoms with Gasteiger partial charge in [-0.1, -0.05) is 20.8 Å². The zero-order valence-electron chi connectivity index (χ0n) is 12.5. The quantitative estimate of drug-likeness (QED) is 0.802. The number of nitrogens with one attached hydrogen (secondary N) is 1. The van der Waals surface area contributed by atoms with Gasteiger partial charge in [0.1, 0.15) is 0 Å². The maximum absolute atomic E-state index is 4.24. The number of rotatable bonds is 7. The molecule has 0 saturated carbocycles. The van der Waals surface area contributed by atoms with Gasteiger partial charge in [-0.05, 0) is 57.2 Å². The Balaban J connectivity index is 2.82. The van der Waals surface area contributed by atoms with Crippen LogP contribution in [0.15, 0.2) is 6.07 Å². The van der Waals surface area contributed by atoms with Crippen molar-refractivity contribution in [3.05, 3.63) is 23.0 Å². The third-order valence-corrected chi connectivity index (χ3v) is 3.19. The van der Waals surface area contributed by atoms with E-state index < -0.39 is 0 Å². The van der Waals surface area contributed by atoms with E-state index in [2.05, 4.69) is 49.3 Å². The summed E-state index contributed by atoms with van der Waals surface area (Å²) in [5.74, 6) is 0.743. The van der Waals surface area contributed by atoms with Crippen LogP contribution in [0.2, 0.25) is 0 Å². The van der Waals surface area contributed by atoms with E-state index in [1.807, 2.05) is 6.92 Å². The summed E-state index contributed by atoms with van der Waals surface area (Å²) in [6.07, 6.45) is 3.57. The van der Waals surface area contributed by atoms with Crippen molar-refractivity contribution in [2.45, 2.75) is 59.9 Å². The van der Waals surface area contributed by atoms with E-state index in [0.717, 1.165) is 30.3 Å². The molecule has 1 N–H and O–H groups in total. The second-order valence-electron chi connectivity index (χ2n) is 5.50. The summed E-state index contributed by atoms with van der Waals surface area (Å²) in [7, 11) is 0. The predicted molar refractivity (Wildman–Crippen MR) is 76.6 cm³/mol. The average Bonchev–Trinajstić information content (AvgIpc) is 2.32. The molecule has 0 aliphatic carbocycles. The summed E-state index contributed by atoms with van der Waals surface area (Å²) in [5, 5.41) is 12.0. The van der Waals surface area contributed by atoms with E-state index in [4.69, 9.17) is 0 Å². The van der Waals surface area contributed by atoms with Crippen molar-refractivity contribution in [2.24, 2.45) is 5.92 Å². The van der Waals surface area contributed by atoms with Gasteiger partial charge in [-0.25, -0.2) is 0 Å². The fraction of sp³-hybridized carbons (Fsp3) is 0.733. The van der Waals surface area contributed by atoms with Crippen LogP contribution in [-0.2, 0) is 0 Å². The third kappa shape index (κ3) is 4.73. The molecular weight excluding hydrogens is 222 g/mol. The van der Waals surface area contributed by atoms with Gasteiger partial charge in [0.2, 0.25) is 0 Å². The van der Waals surface area contributed by atoms with E-state index in [9.17, 15) is 0 Å². The summed E-state index contributed by atoms with van der Waals surface area (Å²) < 4.78 is 0. The Morgan fingerprint density at radius 3 is 2.50 bits per heavy atom. The molecule has 0 radical (unpaired) electrons. The van der Waals surface area contributed by atoms with Crippen molar-refractivity contribution in [3.63, 3.8) is 0 Å². The molecular formula is C15H27N3. The first-order valence-electron chi connectivity index (χ1n) is 7.08. The Kier molecular flexibility index (Phi) is 6.27. The Labute approximate surface area is 111 Å². The second-order valence-corrected chi connectivity index (χ2v) is 5.50. The van der Waals surface area contributed by atoms with Crippen molar-refractivity contribution in [1.82, 2.24) is 15.5 Å². The van der Waals surface area contributed by atoms with Crippen LogP contribution in [0.25, 0.3) is 0 Å². The molecule has 3 nitrogen and oxygen atoms in total. The van der Waals surface area contributed by atoms with Crippen LogP contribution in [0.1, 0.15) is 63.0 Å². The first-order chi connectivity index (χ1) is 8.54. The molecule has 102 valence electrons. The van der Waals surface area contributed by atoms with Crippen LogP contribution >= 0.6 is 0 Å². The summed E-state index contributed by atoms with van der Waals surface area (Å²) >= 11 is 0. The molecule has 1 heterocycles. The van der Waals surface area contributed by atoms with E-state index in [0.29, 0.717) is 6.04 Å². The first kappa shape index (κ1) is 15.1. The third-order valence-electron chi connectivity index (χ3n) is 3.19. The SMILES string of the molecule is CCCNC(CCC(C)C)c1cc(C)nnc1C. The molecule has 0 bridgehead atoms. The van der Waals surface area contributed by atoms with Gasteiger partial charge in [0.25, 0.3) is 0 Å². The van der Waals surface area contributed by atoms with Gasteiger partial charge < -0.3 is 5.32 Å². The maximum atomic E-state index is 4.24. The molecule has 1 aromatic heterocycles. The second kappa shape index (κ2) is 7.47. The highest BCUT2D eigenvalue weighted by Gasteiger charge is 2.15. The Bertz CT molecular complexity index is 361. The van der Waals surface area contributed by atoms with Gasteiger partial charge in [0, 0.05) is 6.04 Å². The molecule has 1 rings (SSSR count). The zero-order valence-corrected chi connectivity index (χ0v) is 12.5. The van der Waals surface area contributed by atoms with Crippen LogP contribution in [0, 0.1) is 19.8 Å². The number of hydrogen-bond donors (Lipinski definition) is 1. The number of nitrogens with zero attached hydrogens (tertiary/aromatic N) is 2. The molecule has 0 fully saturated rings. The summed E-state index contributed by atoms with van der Waals surface area (Å²) in [5.41, 5.74) is 3.37. The standard InChI is InChI=1S/C15H27N3/c1-6-9-16-15(8-7-11(2)3)14-10-12(4)17-18-13(14)5/h10-11,15-16H,6-9H2,1-5H3. The molecule has 0 aromatic carbocycles. The minimum Gasteiger partial charge on any atom is -0.310 e. The van der Waals surface area contributed by atoms with E-state index in [1.165, 1.54) is 18.4 Å². The number of hydrogen-bond acceptors (Lipinski definition) is 3. The highest BCUT2D eigenvalue weighted by Crippen LogP contribution is 2.23. The van der Waals surface area contributed by atoms with Gasteiger partial charge in [-0.15, -0.1) is 0 Å². The monoisotopic (exact) mass is 249 g/mol. The fourth-order valence-corrected chi connectivity index (χ4v) is 2.11. The average molecular weight is 249 g/mol. The largest absolute Gasteiger partial charge is 0.310 e. The highest BCUT2D eigenvalue weighted by molar-refractivity contribution is 5.23. The first-order valence-corrected chi connectivity index (χ1v) is 7.08. The van der Waals surface area contributed by atoms with E-state index in [-0.39, 0.29) is 0 Å². The molecule has 3 heteroatoms. The summed E-state index contributed by atoms with van der Waals surface area (Å²) in [4.78, 5) is 0. The van der Waals surface area contributed by atoms with Crippen LogP contribution in [0.3, 0.4) is 0 Å². The maximum Gasteiger partial charge on any atom is 0.0648 e. The lowest BCUT2D eigenvalue weighted by atomic mass is 9.96. The van der Waals surface area contributed by atoms with Crippen molar-refractivity contribution in [2.75, 3.05) is 6.54 Å². The lowest BCUT2D eigenvalue weighted by Crippen LogP contribution is -2.24. The van der Waals surface area contributed by atoms with Crippen LogP contribution in [0.5, 0.6) is 0 Å². The lowest BCUT2D eigenvalue weighted by molar-refractivity contribution is 0.437. The lowest BCUT2D eigenvalue weighted by Gasteiger charge is -2.21. The molecule has 18 heavy (non-hydrogen) atoms. The van der Waals surface area contributed by atoms with Crippen molar-refractivity contribution >= 4 is 0 Å². The van der Waals surface area contributed by atoms with Crippen molar-refractivity contribution in [1.29, 1.82) is 0 Å². The van der Waals surface area contributed by atoms with Gasteiger partial charge >= 0.3 is 0 Å². The van der Waals surface area contributed by atoms with Crippen molar-refractivity contribution < 1.29 is 0 Å². The minimum absolute atomic E-state index is 0.418. The summed E-state index contributed by atoms with van der Waals surface area (Å²) in [6, 6.07) is 2.59. The van der Waals surface area contributed by atoms with Gasteiger partial charge in [0.15, 0.2) is 0 Å². The molecule has 0 saturated heterocycles. The highest BCUT2D eigenvalue weighted by atomic mass is 15.1. The van der Waals surface area contributed by atoms with Gasteiger partial charge in [0.05, 0.1) is 11.4 Å². The van der Waals surface area contributed by atoms with Crippen LogP contribution < -0.4 is 5.32 Å². The van der Waals surface area contributed by atoms with Crippen LogP contribution in [0.4, 0.5) is 0 Å². The Morgan fingerprint density at radius 1 is 1.17 bits per heavy atom. The van der Waals surface area contributed by atoms with E-state index >= 15 is 0 Å². The minimum atomic E-state index is 0.418. The normalized spacial score (nSPS) is 13.0. The van der Waals surface area contributed by atoms with Gasteiger partial charge in [-0.2, -0.15) is 10.2 Å². The van der Waals surface area contributed by atoms with Crippen molar-refractivity contribution in [3.8, 4) is 0 Å². The Hall–Kier alpha value is -0.960. The van der Waals surface area contributed by atoms with Crippen LogP contribution in [-0.4, -0.2) is 16.7 Å². The molecule has 0 spiro atoms. The molecule has 0 aliphatic heterocycles. The molecule has 1 aromatic rings. The number of aromatic nitrogens is 2. The molecule has 0 aliphatic rings. The van der Waals surface area contributed by atoms with Gasteiger partial charge in [-0.3, -0.25) is 0 Å². The summed E-state index contributed by atoms with van der Waals surface area (Å²) in [6.45, 7) is 11.9. The zero-order chi connectivity index (χ0) is 13.5. The molecule has 1 atom stereocenters. The van der Waals surface area contributed by atoms with E-state index in [1.54, 1.807) is 0 Å². The molecule has 0 amide bonds. The Morgan fingerprint density at radius 2 is 1.89 bits per heavy atom. The number of aryl methyl sites for hydroxylation is 2. The molecule has 1 unspecified atom stereocenters. The fourth-order valence-electron chi connectivity index (χ4n) is 2.11.